The molecule has 2 atom stereocenters. The molecule has 0 aromatic rings. The predicted octanol–water partition coefficient (Wildman–Crippen LogP) is 6.56. The first-order chi connectivity index (χ1) is 10.2. The van der Waals surface area contributed by atoms with Gasteiger partial charge in [0.25, 0.3) is 0 Å². The van der Waals surface area contributed by atoms with Gasteiger partial charge in [-0.1, -0.05) is 0 Å². The predicted molar refractivity (Wildman–Crippen MR) is 99.6 cm³/mol. The molecule has 1 saturated carbocycles. The van der Waals surface area contributed by atoms with Gasteiger partial charge in [0.15, 0.2) is 0 Å². The zero-order chi connectivity index (χ0) is 15.6. The standard InChI is InChI=1S/C7H6Cl.3C4H9.Sn/c1-2-3-4-6-5-7(6)8;3*1-3-4-2;/h1-2,6-7H,5H2;3*1,3-4H2,2H3;/t6-,7-;;;;/m1..../s1. The number of unbranched alkanes of at least 4 members (excludes halogenated alkanes) is 3. The fourth-order valence-electron chi connectivity index (χ4n) is 2.90. The summed E-state index contributed by atoms with van der Waals surface area (Å²) in [5.74, 6) is 7.09. The molecule has 0 N–H and O–H groups in total. The van der Waals surface area contributed by atoms with Crippen LogP contribution >= 0.6 is 11.6 Å². The molecule has 0 bridgehead atoms. The Labute approximate surface area is 142 Å². The van der Waals surface area contributed by atoms with Gasteiger partial charge in [-0.3, -0.25) is 0 Å². The molecule has 1 fully saturated rings. The summed E-state index contributed by atoms with van der Waals surface area (Å²) in [7, 11) is 0. The van der Waals surface area contributed by atoms with Crippen LogP contribution in [0.2, 0.25) is 13.3 Å². The van der Waals surface area contributed by atoms with E-state index in [4.69, 9.17) is 11.6 Å². The molecule has 0 spiro atoms. The maximum absolute atomic E-state index is 6.01. The van der Waals surface area contributed by atoms with Gasteiger partial charge in [-0.15, -0.1) is 0 Å². The Morgan fingerprint density at radius 2 is 1.48 bits per heavy atom. The average molecular weight is 416 g/mol. The van der Waals surface area contributed by atoms with Crippen molar-refractivity contribution >= 4 is 30.0 Å². The van der Waals surface area contributed by atoms with E-state index in [1.807, 2.05) is 0 Å². The van der Waals surface area contributed by atoms with Gasteiger partial charge in [-0.25, -0.2) is 0 Å². The van der Waals surface area contributed by atoms with Gasteiger partial charge in [0.1, 0.15) is 0 Å². The molecule has 120 valence electrons. The van der Waals surface area contributed by atoms with Crippen LogP contribution in [0.25, 0.3) is 0 Å². The van der Waals surface area contributed by atoms with Crippen LogP contribution in [0.15, 0.2) is 10.2 Å². The fraction of sp³-hybridized carbons (Fsp3) is 0.789. The van der Waals surface area contributed by atoms with Gasteiger partial charge >= 0.3 is 142 Å². The minimum absolute atomic E-state index is 0.333. The molecule has 0 nitrogen and oxygen atoms in total. The molecule has 0 heterocycles. The second-order valence-electron chi connectivity index (χ2n) is 6.65. The summed E-state index contributed by atoms with van der Waals surface area (Å²) < 4.78 is 7.25. The molecule has 1 aliphatic rings. The fourth-order valence-corrected chi connectivity index (χ4v) is 17.0. The Kier molecular flexibility index (Phi) is 10.2. The van der Waals surface area contributed by atoms with Crippen molar-refractivity contribution in [2.45, 2.75) is 84.4 Å². The van der Waals surface area contributed by atoms with Crippen molar-refractivity contribution in [2.24, 2.45) is 5.92 Å². The van der Waals surface area contributed by atoms with Crippen LogP contribution in [0.4, 0.5) is 0 Å². The van der Waals surface area contributed by atoms with E-state index in [1.54, 1.807) is 0 Å². The Morgan fingerprint density at radius 1 is 1.00 bits per heavy atom. The van der Waals surface area contributed by atoms with Crippen molar-refractivity contribution in [3.05, 3.63) is 10.2 Å². The van der Waals surface area contributed by atoms with E-state index in [0.717, 1.165) is 6.42 Å². The van der Waals surface area contributed by atoms with Crippen molar-refractivity contribution in [2.75, 3.05) is 0 Å². The van der Waals surface area contributed by atoms with Crippen molar-refractivity contribution in [1.82, 2.24) is 0 Å². The Morgan fingerprint density at radius 3 is 1.86 bits per heavy atom. The molecule has 0 radical (unpaired) electrons. The zero-order valence-electron chi connectivity index (χ0n) is 14.3. The van der Waals surface area contributed by atoms with Crippen LogP contribution in [-0.2, 0) is 0 Å². The second kappa shape index (κ2) is 11.0. The molecule has 0 aliphatic heterocycles. The number of rotatable bonds is 10. The molecule has 2 heteroatoms. The summed E-state index contributed by atoms with van der Waals surface area (Å²) in [6.07, 6.45) is 11.6. The third-order valence-electron chi connectivity index (χ3n) is 4.59. The van der Waals surface area contributed by atoms with E-state index < -0.39 is 18.4 Å². The van der Waals surface area contributed by atoms with E-state index in [9.17, 15) is 0 Å². The number of hydrogen-bond donors (Lipinski definition) is 0. The molecule has 0 aromatic carbocycles. The molecule has 0 amide bonds. The van der Waals surface area contributed by atoms with Crippen LogP contribution in [0.5, 0.6) is 0 Å². The van der Waals surface area contributed by atoms with Crippen LogP contribution < -0.4 is 0 Å². The first kappa shape index (κ1) is 19.4. The SMILES string of the molecule is CCC[CH2][Sn](/[CH]=C/C#C[C@@H]1C[C@H]1Cl)([CH2]CCC)[CH2]CCC. The molecule has 1 aliphatic carbocycles. The van der Waals surface area contributed by atoms with E-state index in [-0.39, 0.29) is 0 Å². The molecule has 21 heavy (non-hydrogen) atoms. The third-order valence-corrected chi connectivity index (χ3v) is 19.1. The number of halogens is 1. The summed E-state index contributed by atoms with van der Waals surface area (Å²) >= 11 is 3.93. The number of allylic oxidation sites excluding steroid dienone is 1. The van der Waals surface area contributed by atoms with Crippen molar-refractivity contribution in [1.29, 1.82) is 0 Å². The van der Waals surface area contributed by atoms with Gasteiger partial charge in [0.05, 0.1) is 0 Å². The van der Waals surface area contributed by atoms with Crippen LogP contribution in [-0.4, -0.2) is 23.8 Å². The third kappa shape index (κ3) is 7.98. The Hall–Kier alpha value is 0.389. The van der Waals surface area contributed by atoms with Crippen molar-refractivity contribution in [3.8, 4) is 11.8 Å². The minimum atomic E-state index is -2.08. The average Bonchev–Trinajstić information content (AvgIpc) is 3.20. The summed E-state index contributed by atoms with van der Waals surface area (Å²) in [6.45, 7) is 6.98. The molecule has 0 aromatic heterocycles. The van der Waals surface area contributed by atoms with Crippen molar-refractivity contribution < 1.29 is 0 Å². The first-order valence-electron chi connectivity index (χ1n) is 9.00. The van der Waals surface area contributed by atoms with Gasteiger partial charge < -0.3 is 0 Å². The van der Waals surface area contributed by atoms with Gasteiger partial charge in [0, 0.05) is 0 Å². The van der Waals surface area contributed by atoms with Crippen LogP contribution in [0.3, 0.4) is 0 Å². The van der Waals surface area contributed by atoms with E-state index >= 15 is 0 Å². The monoisotopic (exact) mass is 416 g/mol. The topological polar surface area (TPSA) is 0 Å². The van der Waals surface area contributed by atoms with Crippen LogP contribution in [0, 0.1) is 17.8 Å². The van der Waals surface area contributed by atoms with Crippen molar-refractivity contribution in [3.63, 3.8) is 0 Å². The Bertz CT molecular complexity index is 342. The van der Waals surface area contributed by atoms with Gasteiger partial charge in [-0.2, -0.15) is 0 Å². The molecule has 0 unspecified atom stereocenters. The number of hydrogen-bond acceptors (Lipinski definition) is 0. The zero-order valence-corrected chi connectivity index (χ0v) is 17.9. The summed E-state index contributed by atoms with van der Waals surface area (Å²) in [5.41, 5.74) is 0. The van der Waals surface area contributed by atoms with Gasteiger partial charge in [0.2, 0.25) is 0 Å². The molecule has 1 rings (SSSR count). The number of alkyl halides is 1. The summed E-state index contributed by atoms with van der Waals surface area (Å²) in [4.78, 5) is 0. The molecular formula is C19H33ClSn. The molecule has 0 saturated heterocycles. The normalized spacial score (nSPS) is 21.3. The summed E-state index contributed by atoms with van der Waals surface area (Å²) in [6, 6.07) is 0. The Balaban J connectivity index is 2.68. The molecular weight excluding hydrogens is 382 g/mol. The van der Waals surface area contributed by atoms with E-state index in [1.165, 1.54) is 51.8 Å². The van der Waals surface area contributed by atoms with E-state index in [2.05, 4.69) is 42.8 Å². The van der Waals surface area contributed by atoms with Gasteiger partial charge in [-0.05, 0) is 0 Å². The van der Waals surface area contributed by atoms with E-state index in [0.29, 0.717) is 11.3 Å². The van der Waals surface area contributed by atoms with Crippen LogP contribution in [0.1, 0.15) is 65.7 Å². The second-order valence-corrected chi connectivity index (χ2v) is 20.2. The summed E-state index contributed by atoms with van der Waals surface area (Å²) in [5, 5.41) is 0.333. The first-order valence-corrected chi connectivity index (χ1v) is 17.1. The maximum atomic E-state index is 6.01. The quantitative estimate of drug-likeness (QED) is 0.215.